The van der Waals surface area contributed by atoms with Crippen LogP contribution in [-0.2, 0) is 20.7 Å². The fourth-order valence-corrected chi connectivity index (χ4v) is 2.97. The predicted octanol–water partition coefficient (Wildman–Crippen LogP) is 3.34. The van der Waals surface area contributed by atoms with Crippen LogP contribution in [0.2, 0.25) is 0 Å². The minimum Gasteiger partial charge on any atom is -0.343 e. The number of Topliss-reactive ketones (excluding diaryl/α,β-unsaturated/α-hetero) is 1. The van der Waals surface area contributed by atoms with Gasteiger partial charge in [0, 0.05) is 26.2 Å². The van der Waals surface area contributed by atoms with E-state index in [0.717, 1.165) is 22.3 Å². The molecule has 0 spiro atoms. The first-order valence-corrected chi connectivity index (χ1v) is 7.20. The molecular formula is C19H18O3. The molecule has 112 valence electrons. The Hall–Kier alpha value is -2.23. The van der Waals surface area contributed by atoms with Crippen LogP contribution in [0.4, 0.5) is 0 Å². The minimum atomic E-state index is -1.34. The Labute approximate surface area is 130 Å². The smallest absolute Gasteiger partial charge is 0.256 e. The number of fused-ring (bicyclic) bond motifs is 1. The van der Waals surface area contributed by atoms with Gasteiger partial charge < -0.3 is 9.47 Å². The van der Waals surface area contributed by atoms with Crippen LogP contribution >= 0.6 is 0 Å². The van der Waals surface area contributed by atoms with Crippen molar-refractivity contribution < 1.29 is 14.3 Å². The summed E-state index contributed by atoms with van der Waals surface area (Å²) in [5, 5.41) is 0. The number of methoxy groups -OCH3 is 2. The number of hydrogen-bond acceptors (Lipinski definition) is 3. The van der Waals surface area contributed by atoms with Gasteiger partial charge in [-0.1, -0.05) is 54.6 Å². The van der Waals surface area contributed by atoms with Crippen molar-refractivity contribution in [2.75, 3.05) is 14.2 Å². The Balaban J connectivity index is 2.24. The van der Waals surface area contributed by atoms with Crippen molar-refractivity contribution in [3.63, 3.8) is 0 Å². The van der Waals surface area contributed by atoms with Gasteiger partial charge in [0.15, 0.2) is 0 Å². The zero-order chi connectivity index (χ0) is 15.6. The van der Waals surface area contributed by atoms with E-state index < -0.39 is 5.79 Å². The maximum absolute atomic E-state index is 12.7. The molecule has 0 amide bonds. The summed E-state index contributed by atoms with van der Waals surface area (Å²) >= 11 is 0. The van der Waals surface area contributed by atoms with Gasteiger partial charge in [0.2, 0.25) is 5.78 Å². The molecule has 0 N–H and O–H groups in total. The Kier molecular flexibility index (Phi) is 3.92. The van der Waals surface area contributed by atoms with Gasteiger partial charge in [0.1, 0.15) is 0 Å². The lowest BCUT2D eigenvalue weighted by atomic mass is 9.81. The van der Waals surface area contributed by atoms with Gasteiger partial charge in [-0.05, 0) is 22.8 Å². The lowest BCUT2D eigenvalue weighted by Crippen LogP contribution is -2.47. The maximum Gasteiger partial charge on any atom is 0.256 e. The van der Waals surface area contributed by atoms with Crippen molar-refractivity contribution in [3.05, 3.63) is 71.3 Å². The molecular weight excluding hydrogens is 276 g/mol. The number of benzene rings is 2. The molecule has 3 nitrogen and oxygen atoms in total. The molecule has 0 fully saturated rings. The highest BCUT2D eigenvalue weighted by Gasteiger charge is 2.46. The molecule has 0 unspecified atom stereocenters. The van der Waals surface area contributed by atoms with Crippen molar-refractivity contribution in [1.29, 1.82) is 0 Å². The van der Waals surface area contributed by atoms with Gasteiger partial charge in [0.25, 0.3) is 5.79 Å². The maximum atomic E-state index is 12.7. The van der Waals surface area contributed by atoms with Crippen molar-refractivity contribution in [3.8, 4) is 0 Å². The summed E-state index contributed by atoms with van der Waals surface area (Å²) in [6.45, 7) is 0. The number of ether oxygens (including phenoxy) is 2. The van der Waals surface area contributed by atoms with Gasteiger partial charge in [-0.2, -0.15) is 0 Å². The number of ketones is 1. The summed E-state index contributed by atoms with van der Waals surface area (Å²) < 4.78 is 11.1. The molecule has 0 atom stereocenters. The summed E-state index contributed by atoms with van der Waals surface area (Å²) in [5.74, 6) is -1.43. The second-order valence-corrected chi connectivity index (χ2v) is 5.25. The molecule has 0 aromatic heterocycles. The second-order valence-electron chi connectivity index (χ2n) is 5.25. The van der Waals surface area contributed by atoms with E-state index in [1.54, 1.807) is 0 Å². The molecule has 2 aromatic rings. The molecule has 0 saturated heterocycles. The van der Waals surface area contributed by atoms with Crippen LogP contribution in [0.1, 0.15) is 16.7 Å². The highest BCUT2D eigenvalue weighted by atomic mass is 16.7. The van der Waals surface area contributed by atoms with E-state index in [0.29, 0.717) is 6.42 Å². The molecule has 2 aromatic carbocycles. The van der Waals surface area contributed by atoms with Gasteiger partial charge >= 0.3 is 0 Å². The number of carbonyl (C=O) groups is 1. The van der Waals surface area contributed by atoms with Crippen molar-refractivity contribution in [2.45, 2.75) is 12.2 Å². The number of rotatable bonds is 3. The summed E-state index contributed by atoms with van der Waals surface area (Å²) in [5.41, 5.74) is 3.74. The summed E-state index contributed by atoms with van der Waals surface area (Å²) in [6, 6.07) is 17.7. The van der Waals surface area contributed by atoms with Crippen LogP contribution in [0.15, 0.2) is 54.6 Å². The van der Waals surface area contributed by atoms with Crippen LogP contribution in [0, 0.1) is 0 Å². The Morgan fingerprint density at radius 2 is 1.59 bits per heavy atom. The van der Waals surface area contributed by atoms with E-state index in [1.165, 1.54) is 14.2 Å². The third kappa shape index (κ3) is 2.28. The third-order valence-corrected chi connectivity index (χ3v) is 4.07. The van der Waals surface area contributed by atoms with Gasteiger partial charge in [0.05, 0.1) is 0 Å². The Bertz CT molecular complexity index is 712. The standard InChI is InChI=1S/C19H18O3/c1-21-19(22-2)17(12-14-8-4-3-5-9-14)16-11-7-6-10-15(16)13-18(19)20/h3-12H,13H2,1-2H3/b17-12-. The number of carbonyl (C=O) groups excluding carboxylic acids is 1. The average molecular weight is 294 g/mol. The van der Waals surface area contributed by atoms with Crippen LogP contribution < -0.4 is 0 Å². The Morgan fingerprint density at radius 3 is 2.27 bits per heavy atom. The number of hydrogen-bond donors (Lipinski definition) is 0. The molecule has 0 saturated carbocycles. The van der Waals surface area contributed by atoms with Crippen LogP contribution in [0.5, 0.6) is 0 Å². The molecule has 1 aliphatic carbocycles. The zero-order valence-electron chi connectivity index (χ0n) is 12.7. The van der Waals surface area contributed by atoms with Crippen LogP contribution in [0.25, 0.3) is 11.6 Å². The highest BCUT2D eigenvalue weighted by Crippen LogP contribution is 2.40. The lowest BCUT2D eigenvalue weighted by Gasteiger charge is -2.36. The monoisotopic (exact) mass is 294 g/mol. The zero-order valence-corrected chi connectivity index (χ0v) is 12.7. The van der Waals surface area contributed by atoms with Crippen molar-refractivity contribution in [1.82, 2.24) is 0 Å². The van der Waals surface area contributed by atoms with Gasteiger partial charge in [-0.25, -0.2) is 0 Å². The topological polar surface area (TPSA) is 35.5 Å². The van der Waals surface area contributed by atoms with E-state index in [-0.39, 0.29) is 5.78 Å². The van der Waals surface area contributed by atoms with E-state index in [4.69, 9.17) is 9.47 Å². The first kappa shape index (κ1) is 14.7. The van der Waals surface area contributed by atoms with Gasteiger partial charge in [-0.3, -0.25) is 4.79 Å². The fraction of sp³-hybridized carbons (Fsp3) is 0.211. The SMILES string of the molecule is COC1(OC)C(=O)Cc2ccccc2/C1=C/c1ccccc1. The average Bonchev–Trinajstić information content (AvgIpc) is 2.56. The van der Waals surface area contributed by atoms with E-state index in [9.17, 15) is 4.79 Å². The first-order valence-electron chi connectivity index (χ1n) is 7.20. The fourth-order valence-electron chi connectivity index (χ4n) is 2.97. The largest absolute Gasteiger partial charge is 0.343 e. The van der Waals surface area contributed by atoms with Crippen molar-refractivity contribution in [2.24, 2.45) is 0 Å². The molecule has 1 aliphatic rings. The highest BCUT2D eigenvalue weighted by molar-refractivity contribution is 6.08. The van der Waals surface area contributed by atoms with Crippen molar-refractivity contribution >= 4 is 17.4 Å². The van der Waals surface area contributed by atoms with E-state index in [2.05, 4.69) is 0 Å². The predicted molar refractivity (Wildman–Crippen MR) is 86.2 cm³/mol. The molecule has 22 heavy (non-hydrogen) atoms. The van der Waals surface area contributed by atoms with E-state index in [1.807, 2.05) is 60.7 Å². The molecule has 0 aliphatic heterocycles. The summed E-state index contributed by atoms with van der Waals surface area (Å²) in [4.78, 5) is 12.7. The first-order chi connectivity index (χ1) is 10.7. The molecule has 0 radical (unpaired) electrons. The summed E-state index contributed by atoms with van der Waals surface area (Å²) in [7, 11) is 3.02. The molecule has 0 bridgehead atoms. The molecule has 3 rings (SSSR count). The lowest BCUT2D eigenvalue weighted by molar-refractivity contribution is -0.181. The molecule has 3 heteroatoms. The summed E-state index contributed by atoms with van der Waals surface area (Å²) in [6.07, 6.45) is 2.27. The van der Waals surface area contributed by atoms with Crippen LogP contribution in [-0.4, -0.2) is 25.8 Å². The second kappa shape index (κ2) is 5.87. The Morgan fingerprint density at radius 1 is 0.955 bits per heavy atom. The van der Waals surface area contributed by atoms with Crippen LogP contribution in [0.3, 0.4) is 0 Å². The van der Waals surface area contributed by atoms with Gasteiger partial charge in [-0.15, -0.1) is 0 Å². The minimum absolute atomic E-state index is 0.0848. The van der Waals surface area contributed by atoms with E-state index >= 15 is 0 Å². The normalized spacial score (nSPS) is 18.3. The third-order valence-electron chi connectivity index (χ3n) is 4.07. The quantitative estimate of drug-likeness (QED) is 0.814. The molecule has 0 heterocycles.